The van der Waals surface area contributed by atoms with Crippen molar-refractivity contribution >= 4 is 23.6 Å². The zero-order valence-electron chi connectivity index (χ0n) is 5.81. The molecule has 0 unspecified atom stereocenters. The van der Waals surface area contributed by atoms with Crippen LogP contribution in [-0.4, -0.2) is 20.7 Å². The molecule has 0 amide bonds. The van der Waals surface area contributed by atoms with Crippen molar-refractivity contribution in [2.24, 2.45) is 0 Å². The van der Waals surface area contributed by atoms with Crippen LogP contribution in [0.5, 0.6) is 0 Å². The molecule has 0 aromatic carbocycles. The molecule has 1 rings (SSSR count). The van der Waals surface area contributed by atoms with Gasteiger partial charge >= 0.3 is 5.97 Å². The number of carboxylic acid groups (broad SMARTS) is 1. The van der Waals surface area contributed by atoms with Gasteiger partial charge in [-0.15, -0.1) is 5.10 Å². The summed E-state index contributed by atoms with van der Waals surface area (Å²) in [4.78, 5) is 10.9. The number of carbonyl (C=O) groups is 1. The summed E-state index contributed by atoms with van der Waals surface area (Å²) in [6.07, 6.45) is 2.56. The molecule has 1 aromatic heterocycles. The zero-order chi connectivity index (χ0) is 8.27. The largest absolute Gasteiger partial charge is 0.478 e. The molecule has 0 radical (unpaired) electrons. The number of aliphatic carboxylic acids is 1. The Morgan fingerprint density at radius 1 is 1.73 bits per heavy atom. The van der Waals surface area contributed by atoms with Gasteiger partial charge in [0.25, 0.3) is 0 Å². The summed E-state index contributed by atoms with van der Waals surface area (Å²) in [5, 5.41) is 12.0. The number of hydrogen-bond donors (Lipinski definition) is 1. The molecule has 0 aliphatic rings. The van der Waals surface area contributed by atoms with E-state index in [9.17, 15) is 4.79 Å². The maximum atomic E-state index is 10.1. The number of nitrogens with zero attached hydrogens (tertiary/aromatic N) is 2. The molecular weight excluding hydrogens is 164 g/mol. The van der Waals surface area contributed by atoms with Gasteiger partial charge in [0.2, 0.25) is 0 Å². The van der Waals surface area contributed by atoms with Crippen LogP contribution in [0, 0.1) is 6.92 Å². The molecule has 0 atom stereocenters. The third kappa shape index (κ3) is 2.12. The van der Waals surface area contributed by atoms with Crippen LogP contribution < -0.4 is 0 Å². The van der Waals surface area contributed by atoms with Gasteiger partial charge in [-0.25, -0.2) is 4.79 Å². The molecule has 1 heterocycles. The molecule has 0 fully saturated rings. The fraction of sp³-hybridized carbons (Fsp3) is 0.167. The van der Waals surface area contributed by atoms with Crippen LogP contribution in [-0.2, 0) is 4.79 Å². The first-order valence-electron chi connectivity index (χ1n) is 2.90. The van der Waals surface area contributed by atoms with Crippen LogP contribution in [0.4, 0.5) is 0 Å². The predicted molar refractivity (Wildman–Crippen MR) is 41.3 cm³/mol. The van der Waals surface area contributed by atoms with E-state index in [1.165, 1.54) is 17.6 Å². The molecule has 11 heavy (non-hydrogen) atoms. The van der Waals surface area contributed by atoms with Crippen molar-refractivity contribution < 1.29 is 9.90 Å². The molecule has 1 N–H and O–H groups in total. The monoisotopic (exact) mass is 170 g/mol. The lowest BCUT2D eigenvalue weighted by Gasteiger charge is -1.82. The lowest BCUT2D eigenvalue weighted by molar-refractivity contribution is -0.131. The fourth-order valence-corrected chi connectivity index (χ4v) is 1.09. The van der Waals surface area contributed by atoms with Gasteiger partial charge in [0, 0.05) is 6.08 Å². The number of carboxylic acids is 1. The van der Waals surface area contributed by atoms with Gasteiger partial charge in [-0.3, -0.25) is 0 Å². The van der Waals surface area contributed by atoms with Crippen LogP contribution in [0.1, 0.15) is 10.6 Å². The summed E-state index contributed by atoms with van der Waals surface area (Å²) < 4.78 is 3.65. The third-order valence-electron chi connectivity index (χ3n) is 1.06. The Morgan fingerprint density at radius 3 is 2.91 bits per heavy atom. The van der Waals surface area contributed by atoms with Crippen LogP contribution in [0.15, 0.2) is 6.08 Å². The molecule has 1 aromatic rings. The maximum absolute atomic E-state index is 10.1. The first-order chi connectivity index (χ1) is 5.20. The van der Waals surface area contributed by atoms with E-state index in [1.54, 1.807) is 6.92 Å². The second kappa shape index (κ2) is 3.25. The summed E-state index contributed by atoms with van der Waals surface area (Å²) >= 11 is 1.18. The van der Waals surface area contributed by atoms with Gasteiger partial charge in [0.05, 0.1) is 10.6 Å². The normalized spacial score (nSPS) is 10.6. The first-order valence-corrected chi connectivity index (χ1v) is 3.67. The van der Waals surface area contributed by atoms with Gasteiger partial charge in [0.1, 0.15) is 0 Å². The number of rotatable bonds is 2. The molecule has 5 heteroatoms. The van der Waals surface area contributed by atoms with E-state index in [0.717, 1.165) is 16.6 Å². The molecular formula is C6H6N2O2S. The summed E-state index contributed by atoms with van der Waals surface area (Å²) in [5.74, 6) is -0.960. The second-order valence-corrected chi connectivity index (χ2v) is 2.68. The van der Waals surface area contributed by atoms with Crippen molar-refractivity contribution in [1.29, 1.82) is 0 Å². The Kier molecular flexibility index (Phi) is 2.32. The van der Waals surface area contributed by atoms with E-state index in [1.807, 2.05) is 0 Å². The molecule has 0 aliphatic heterocycles. The van der Waals surface area contributed by atoms with E-state index in [2.05, 4.69) is 9.59 Å². The molecule has 0 saturated heterocycles. The van der Waals surface area contributed by atoms with E-state index in [-0.39, 0.29) is 0 Å². The lowest BCUT2D eigenvalue weighted by Crippen LogP contribution is -1.85. The van der Waals surface area contributed by atoms with Crippen LogP contribution in [0.25, 0.3) is 6.08 Å². The van der Waals surface area contributed by atoms with Crippen molar-refractivity contribution in [3.63, 3.8) is 0 Å². The van der Waals surface area contributed by atoms with Crippen LogP contribution in [0.2, 0.25) is 0 Å². The molecule has 0 bridgehead atoms. The van der Waals surface area contributed by atoms with Gasteiger partial charge in [-0.2, -0.15) is 0 Å². The summed E-state index contributed by atoms with van der Waals surface area (Å²) in [6.45, 7) is 1.78. The minimum Gasteiger partial charge on any atom is -0.478 e. The summed E-state index contributed by atoms with van der Waals surface area (Å²) in [7, 11) is 0. The average Bonchev–Trinajstić information content (AvgIpc) is 2.31. The Bertz CT molecular complexity index is 293. The first kappa shape index (κ1) is 7.87. The molecule has 0 aliphatic carbocycles. The van der Waals surface area contributed by atoms with Crippen molar-refractivity contribution in [3.05, 3.63) is 16.6 Å². The second-order valence-electron chi connectivity index (χ2n) is 1.89. The minimum absolute atomic E-state index is 0.757. The molecule has 58 valence electrons. The minimum atomic E-state index is -0.960. The SMILES string of the molecule is Cc1nnsc1/C=C\C(=O)O. The van der Waals surface area contributed by atoms with Gasteiger partial charge in [0.15, 0.2) is 0 Å². The predicted octanol–water partition coefficient (Wildman–Crippen LogP) is 0.944. The van der Waals surface area contributed by atoms with E-state index >= 15 is 0 Å². The quantitative estimate of drug-likeness (QED) is 0.671. The Balaban J connectivity index is 2.79. The van der Waals surface area contributed by atoms with E-state index in [0.29, 0.717) is 0 Å². The molecule has 0 spiro atoms. The van der Waals surface area contributed by atoms with Gasteiger partial charge in [-0.1, -0.05) is 4.49 Å². The van der Waals surface area contributed by atoms with E-state index < -0.39 is 5.97 Å². The third-order valence-corrected chi connectivity index (χ3v) is 1.86. The summed E-state index contributed by atoms with van der Waals surface area (Å²) in [5.41, 5.74) is 0.757. The smallest absolute Gasteiger partial charge is 0.328 e. The van der Waals surface area contributed by atoms with Crippen LogP contribution >= 0.6 is 11.5 Å². The Hall–Kier alpha value is -1.23. The van der Waals surface area contributed by atoms with Crippen molar-refractivity contribution in [2.45, 2.75) is 6.92 Å². The highest BCUT2D eigenvalue weighted by Crippen LogP contribution is 2.10. The standard InChI is InChI=1S/C6H6N2O2S/c1-4-5(11-8-7-4)2-3-6(9)10/h2-3H,1H3,(H,9,10)/b3-2-. The lowest BCUT2D eigenvalue weighted by atomic mass is 10.3. The average molecular weight is 170 g/mol. The van der Waals surface area contributed by atoms with Gasteiger partial charge < -0.3 is 5.11 Å². The number of aryl methyl sites for hydroxylation is 1. The molecule has 0 saturated carbocycles. The number of hydrogen-bond acceptors (Lipinski definition) is 4. The fourth-order valence-electron chi connectivity index (χ4n) is 0.539. The van der Waals surface area contributed by atoms with Crippen molar-refractivity contribution in [2.75, 3.05) is 0 Å². The highest BCUT2D eigenvalue weighted by Gasteiger charge is 1.97. The Labute approximate surface area is 67.3 Å². The highest BCUT2D eigenvalue weighted by atomic mass is 32.1. The van der Waals surface area contributed by atoms with Crippen molar-refractivity contribution in [1.82, 2.24) is 9.59 Å². The highest BCUT2D eigenvalue weighted by molar-refractivity contribution is 7.06. The molecule has 4 nitrogen and oxygen atoms in total. The summed E-state index contributed by atoms with van der Waals surface area (Å²) in [6, 6.07) is 0. The topological polar surface area (TPSA) is 63.1 Å². The Morgan fingerprint density at radius 2 is 2.45 bits per heavy atom. The van der Waals surface area contributed by atoms with Gasteiger partial charge in [-0.05, 0) is 24.5 Å². The zero-order valence-corrected chi connectivity index (χ0v) is 6.63. The van der Waals surface area contributed by atoms with Crippen molar-refractivity contribution in [3.8, 4) is 0 Å². The number of aromatic nitrogens is 2. The maximum Gasteiger partial charge on any atom is 0.328 e. The van der Waals surface area contributed by atoms with Crippen LogP contribution in [0.3, 0.4) is 0 Å². The van der Waals surface area contributed by atoms with E-state index in [4.69, 9.17) is 5.11 Å².